The van der Waals surface area contributed by atoms with Crippen molar-refractivity contribution in [3.8, 4) is 0 Å². The third kappa shape index (κ3) is 6.69. The van der Waals surface area contributed by atoms with E-state index in [4.69, 9.17) is 4.84 Å². The number of likely N-dealkylation sites (tertiary alicyclic amines) is 1. The fraction of sp³-hybridized carbons (Fsp3) is 0.636. The highest BCUT2D eigenvalue weighted by molar-refractivity contribution is 7.92. The average molecular weight is 546 g/mol. The zero-order chi connectivity index (χ0) is 26.9. The van der Waals surface area contributed by atoms with Crippen molar-refractivity contribution in [3.05, 3.63) is 29.8 Å². The molecule has 1 saturated carbocycles. The van der Waals surface area contributed by atoms with Gasteiger partial charge in [0.05, 0.1) is 15.7 Å². The molecule has 1 saturated heterocycles. The Hall–Kier alpha value is -2.35. The van der Waals surface area contributed by atoms with Crippen molar-refractivity contribution in [2.75, 3.05) is 19.6 Å². The number of quaternary nitrogens is 1. The molecule has 1 aliphatic heterocycles. The maximum atomic E-state index is 13.2. The first kappa shape index (κ1) is 28.2. The van der Waals surface area contributed by atoms with Gasteiger partial charge in [0.15, 0.2) is 16.4 Å². The van der Waals surface area contributed by atoms with E-state index >= 15 is 0 Å². The molecular formula is C22H27F6N2O5S+. The number of halogens is 6. The molecule has 0 bridgehead atoms. The summed E-state index contributed by atoms with van der Waals surface area (Å²) in [7, 11) is -4.22. The lowest BCUT2D eigenvalue weighted by Crippen LogP contribution is -2.60. The first-order valence-electron chi connectivity index (χ1n) is 11.4. The van der Waals surface area contributed by atoms with E-state index in [1.165, 1.54) is 0 Å². The number of piperidine rings is 1. The standard InChI is InChI=1S/C22H26F6N2O5S/c1-2-18(36(33,34)17-5-3-4-15(12-17)21(23,24)25)14-8-10-30(11-9-14,35-20(32)22(26,27)28)13-19(31)29-16-6-7-16/h3-5,12,14,16,18H,2,6-11,13H2,1H3/p+1. The van der Waals surface area contributed by atoms with Crippen LogP contribution in [0.25, 0.3) is 0 Å². The van der Waals surface area contributed by atoms with E-state index in [0.29, 0.717) is 6.07 Å². The van der Waals surface area contributed by atoms with E-state index in [1.54, 1.807) is 6.92 Å². The third-order valence-corrected chi connectivity index (χ3v) is 8.94. The minimum absolute atomic E-state index is 0.0153. The van der Waals surface area contributed by atoms with Crippen molar-refractivity contribution in [3.63, 3.8) is 0 Å². The maximum absolute atomic E-state index is 13.2. The van der Waals surface area contributed by atoms with E-state index in [9.17, 15) is 44.3 Å². The van der Waals surface area contributed by atoms with Crippen LogP contribution >= 0.6 is 0 Å². The summed E-state index contributed by atoms with van der Waals surface area (Å²) in [6.45, 7) is 0.500. The summed E-state index contributed by atoms with van der Waals surface area (Å²) < 4.78 is 104. The molecule has 14 heteroatoms. The van der Waals surface area contributed by atoms with E-state index < -0.39 is 66.9 Å². The molecule has 36 heavy (non-hydrogen) atoms. The van der Waals surface area contributed by atoms with Gasteiger partial charge >= 0.3 is 18.3 Å². The topological polar surface area (TPSA) is 89.5 Å². The highest BCUT2D eigenvalue weighted by Crippen LogP contribution is 2.36. The van der Waals surface area contributed by atoms with Crippen LogP contribution in [0, 0.1) is 5.92 Å². The Bertz CT molecular complexity index is 1080. The molecule has 1 amide bonds. The number of nitrogens with zero attached hydrogens (tertiary/aromatic N) is 1. The smallest absolute Gasteiger partial charge is 0.348 e. The maximum Gasteiger partial charge on any atom is 0.497 e. The monoisotopic (exact) mass is 545 g/mol. The van der Waals surface area contributed by atoms with Crippen LogP contribution in [0.4, 0.5) is 26.3 Å². The number of rotatable bonds is 8. The largest absolute Gasteiger partial charge is 0.497 e. The summed E-state index contributed by atoms with van der Waals surface area (Å²) in [5.74, 6) is -3.67. The molecule has 202 valence electrons. The van der Waals surface area contributed by atoms with E-state index in [2.05, 4.69) is 5.32 Å². The summed E-state index contributed by atoms with van der Waals surface area (Å²) in [5.41, 5.74) is -1.11. The Kier molecular flexibility index (Phi) is 7.99. The number of sulfone groups is 1. The van der Waals surface area contributed by atoms with Gasteiger partial charge in [-0.2, -0.15) is 26.3 Å². The highest BCUT2D eigenvalue weighted by atomic mass is 32.2. The lowest BCUT2D eigenvalue weighted by molar-refractivity contribution is -1.09. The molecular weight excluding hydrogens is 518 g/mol. The van der Waals surface area contributed by atoms with Crippen molar-refractivity contribution in [1.82, 2.24) is 5.32 Å². The molecule has 0 radical (unpaired) electrons. The second-order valence-electron chi connectivity index (χ2n) is 9.24. The molecule has 1 N–H and O–H groups in total. The predicted molar refractivity (Wildman–Crippen MR) is 114 cm³/mol. The summed E-state index contributed by atoms with van der Waals surface area (Å²) in [6.07, 6.45) is -8.53. The average Bonchev–Trinajstić information content (AvgIpc) is 3.58. The number of carbonyl (C=O) groups is 2. The molecule has 2 aliphatic rings. The van der Waals surface area contributed by atoms with Gasteiger partial charge in [0.25, 0.3) is 5.91 Å². The Labute approximate surface area is 204 Å². The van der Waals surface area contributed by atoms with Crippen molar-refractivity contribution >= 4 is 21.7 Å². The van der Waals surface area contributed by atoms with Crippen LogP contribution in [0.5, 0.6) is 0 Å². The second kappa shape index (κ2) is 10.2. The molecule has 0 spiro atoms. The van der Waals surface area contributed by atoms with Crippen LogP contribution in [0.15, 0.2) is 29.2 Å². The van der Waals surface area contributed by atoms with Crippen molar-refractivity contribution in [2.24, 2.45) is 5.92 Å². The van der Waals surface area contributed by atoms with Gasteiger partial charge in [0.1, 0.15) is 13.1 Å². The Morgan fingerprint density at radius 3 is 2.19 bits per heavy atom. The molecule has 0 aromatic heterocycles. The van der Waals surface area contributed by atoms with Gasteiger partial charge < -0.3 is 5.32 Å². The fourth-order valence-electron chi connectivity index (χ4n) is 4.53. The quantitative estimate of drug-likeness (QED) is 0.397. The first-order valence-corrected chi connectivity index (χ1v) is 13.0. The molecule has 1 unspecified atom stereocenters. The number of hydrogen-bond donors (Lipinski definition) is 1. The summed E-state index contributed by atoms with van der Waals surface area (Å²) in [6, 6.07) is 3.32. The van der Waals surface area contributed by atoms with Gasteiger partial charge in [-0.3, -0.25) is 9.63 Å². The van der Waals surface area contributed by atoms with Crippen molar-refractivity contribution < 1.29 is 53.8 Å². The van der Waals surface area contributed by atoms with E-state index in [0.717, 1.165) is 31.0 Å². The van der Waals surface area contributed by atoms with Gasteiger partial charge in [0, 0.05) is 18.9 Å². The molecule has 2 fully saturated rings. The molecule has 1 aromatic carbocycles. The zero-order valence-corrected chi connectivity index (χ0v) is 20.2. The van der Waals surface area contributed by atoms with Crippen molar-refractivity contribution in [1.29, 1.82) is 0 Å². The van der Waals surface area contributed by atoms with Crippen LogP contribution in [-0.2, 0) is 30.4 Å². The van der Waals surface area contributed by atoms with E-state index in [1.807, 2.05) is 0 Å². The molecule has 7 nitrogen and oxygen atoms in total. The molecule has 1 aliphatic carbocycles. The highest BCUT2D eigenvalue weighted by Gasteiger charge is 2.51. The van der Waals surface area contributed by atoms with Gasteiger partial charge in [-0.1, -0.05) is 13.0 Å². The van der Waals surface area contributed by atoms with Crippen LogP contribution in [0.3, 0.4) is 0 Å². The summed E-state index contributed by atoms with van der Waals surface area (Å²) >= 11 is 0. The zero-order valence-electron chi connectivity index (χ0n) is 19.4. The minimum atomic E-state index is -5.28. The first-order chi connectivity index (χ1) is 16.6. The van der Waals surface area contributed by atoms with Gasteiger partial charge in [-0.15, -0.1) is 4.65 Å². The molecule has 1 atom stereocenters. The predicted octanol–water partition coefficient (Wildman–Crippen LogP) is 3.78. The molecule has 1 aromatic rings. The number of carbonyl (C=O) groups excluding carboxylic acids is 2. The van der Waals surface area contributed by atoms with Crippen LogP contribution in [-0.4, -0.2) is 62.0 Å². The van der Waals surface area contributed by atoms with E-state index in [-0.39, 0.29) is 38.4 Å². The lowest BCUT2D eigenvalue weighted by atomic mass is 9.91. The van der Waals surface area contributed by atoms with Gasteiger partial charge in [-0.05, 0) is 43.4 Å². The second-order valence-corrected chi connectivity index (χ2v) is 11.4. The summed E-state index contributed by atoms with van der Waals surface area (Å²) in [5, 5.41) is 1.52. The number of benzene rings is 1. The van der Waals surface area contributed by atoms with Gasteiger partial charge in [0.2, 0.25) is 0 Å². The fourth-order valence-corrected chi connectivity index (χ4v) is 6.66. The SMILES string of the molecule is CCC(C1CC[N+](CC(=O)NC2CC2)(OC(=O)C(F)(F)F)CC1)S(=O)(=O)c1cccc(C(F)(F)F)c1. The number of alkyl halides is 6. The number of hydroxylamine groups is 3. The lowest BCUT2D eigenvalue weighted by Gasteiger charge is -2.41. The third-order valence-electron chi connectivity index (χ3n) is 6.51. The number of nitrogens with one attached hydrogen (secondary N) is 1. The summed E-state index contributed by atoms with van der Waals surface area (Å²) in [4.78, 5) is 28.2. The number of hydrogen-bond acceptors (Lipinski definition) is 5. The molecule has 3 rings (SSSR count). The Balaban J connectivity index is 1.80. The minimum Gasteiger partial charge on any atom is -0.348 e. The Morgan fingerprint density at radius 2 is 1.69 bits per heavy atom. The normalized spacial score (nSPS) is 24.1. The van der Waals surface area contributed by atoms with Crippen LogP contribution < -0.4 is 5.32 Å². The van der Waals surface area contributed by atoms with Gasteiger partial charge in [-0.25, -0.2) is 13.2 Å². The number of amides is 1. The Morgan fingerprint density at radius 1 is 1.08 bits per heavy atom. The van der Waals surface area contributed by atoms with Crippen LogP contribution in [0.1, 0.15) is 44.6 Å². The van der Waals surface area contributed by atoms with Crippen LogP contribution in [0.2, 0.25) is 0 Å². The molecule has 1 heterocycles. The van der Waals surface area contributed by atoms with Crippen molar-refractivity contribution in [2.45, 2.75) is 67.6 Å².